The van der Waals surface area contributed by atoms with E-state index in [1.165, 1.54) is 11.3 Å². The Morgan fingerprint density at radius 1 is 1.30 bits per heavy atom. The van der Waals surface area contributed by atoms with Crippen LogP contribution in [-0.2, 0) is 4.79 Å². The average molecular weight is 276 g/mol. The van der Waals surface area contributed by atoms with Crippen LogP contribution in [0.5, 0.6) is 0 Å². The van der Waals surface area contributed by atoms with Crippen molar-refractivity contribution >= 4 is 11.6 Å². The van der Waals surface area contributed by atoms with Gasteiger partial charge in [-0.1, -0.05) is 12.1 Å². The summed E-state index contributed by atoms with van der Waals surface area (Å²) in [7, 11) is 0. The van der Waals surface area contributed by atoms with Gasteiger partial charge in [0.1, 0.15) is 5.54 Å². The Balaban J connectivity index is 1.91. The van der Waals surface area contributed by atoms with Gasteiger partial charge in [-0.05, 0) is 31.5 Å². The minimum absolute atomic E-state index is 0.446. The molecule has 1 amide bonds. The van der Waals surface area contributed by atoms with E-state index in [-0.39, 0.29) is 0 Å². The smallest absolute Gasteiger partial charge is 0.238 e. The van der Waals surface area contributed by atoms with Crippen LogP contribution in [0.2, 0.25) is 0 Å². The Bertz CT molecular complexity index is 479. The minimum atomic E-state index is -0.953. The number of amides is 1. The van der Waals surface area contributed by atoms with Gasteiger partial charge in [0.15, 0.2) is 0 Å². The molecule has 2 rings (SSSR count). The van der Waals surface area contributed by atoms with Crippen molar-refractivity contribution in [3.8, 4) is 0 Å². The second kappa shape index (κ2) is 5.81. The van der Waals surface area contributed by atoms with E-state index in [2.05, 4.69) is 41.0 Å². The van der Waals surface area contributed by atoms with Crippen molar-refractivity contribution in [2.24, 2.45) is 11.5 Å². The first-order valence-corrected chi connectivity index (χ1v) is 7.01. The third kappa shape index (κ3) is 3.49. The van der Waals surface area contributed by atoms with Crippen molar-refractivity contribution in [2.75, 3.05) is 37.6 Å². The summed E-state index contributed by atoms with van der Waals surface area (Å²) in [6.45, 7) is 8.00. The first-order chi connectivity index (χ1) is 9.38. The molecule has 1 unspecified atom stereocenters. The van der Waals surface area contributed by atoms with E-state index >= 15 is 0 Å². The van der Waals surface area contributed by atoms with Crippen LogP contribution in [0.25, 0.3) is 0 Å². The number of nitrogens with zero attached hydrogens (tertiary/aromatic N) is 2. The number of aryl methyl sites for hydroxylation is 1. The molecule has 0 aromatic heterocycles. The van der Waals surface area contributed by atoms with Crippen LogP contribution in [0, 0.1) is 6.92 Å². The fourth-order valence-electron chi connectivity index (χ4n) is 2.53. The SMILES string of the molecule is Cc1cccc(N2CCN(CC(C)(N)C(N)=O)CC2)c1. The lowest BCUT2D eigenvalue weighted by Gasteiger charge is -2.38. The number of anilines is 1. The molecule has 0 radical (unpaired) electrons. The van der Waals surface area contributed by atoms with Gasteiger partial charge in [-0.2, -0.15) is 0 Å². The molecular weight excluding hydrogens is 252 g/mol. The molecule has 1 heterocycles. The molecule has 1 aromatic carbocycles. The normalized spacial score (nSPS) is 19.6. The van der Waals surface area contributed by atoms with Crippen LogP contribution < -0.4 is 16.4 Å². The number of carbonyl (C=O) groups is 1. The Kier molecular flexibility index (Phi) is 4.30. The zero-order chi connectivity index (χ0) is 14.8. The summed E-state index contributed by atoms with van der Waals surface area (Å²) in [5.41, 5.74) is 12.8. The molecule has 0 aliphatic carbocycles. The van der Waals surface area contributed by atoms with Gasteiger partial charge in [0.25, 0.3) is 0 Å². The molecule has 5 nitrogen and oxygen atoms in total. The summed E-state index contributed by atoms with van der Waals surface area (Å²) < 4.78 is 0. The molecular formula is C15H24N4O. The van der Waals surface area contributed by atoms with Crippen LogP contribution >= 0.6 is 0 Å². The molecule has 1 saturated heterocycles. The van der Waals surface area contributed by atoms with E-state index in [0.29, 0.717) is 6.54 Å². The Hall–Kier alpha value is -1.59. The van der Waals surface area contributed by atoms with Gasteiger partial charge in [0.05, 0.1) is 0 Å². The summed E-state index contributed by atoms with van der Waals surface area (Å²) in [6.07, 6.45) is 0. The molecule has 110 valence electrons. The first kappa shape index (κ1) is 14.8. The highest BCUT2D eigenvalue weighted by atomic mass is 16.1. The topological polar surface area (TPSA) is 75.6 Å². The van der Waals surface area contributed by atoms with Gasteiger partial charge >= 0.3 is 0 Å². The number of rotatable bonds is 4. The van der Waals surface area contributed by atoms with Gasteiger partial charge in [-0.15, -0.1) is 0 Å². The Morgan fingerprint density at radius 2 is 1.95 bits per heavy atom. The van der Waals surface area contributed by atoms with Gasteiger partial charge < -0.3 is 16.4 Å². The monoisotopic (exact) mass is 276 g/mol. The highest BCUT2D eigenvalue weighted by Gasteiger charge is 2.30. The van der Waals surface area contributed by atoms with Crippen LogP contribution in [0.4, 0.5) is 5.69 Å². The number of hydrogen-bond acceptors (Lipinski definition) is 4. The van der Waals surface area contributed by atoms with Crippen molar-refractivity contribution < 1.29 is 4.79 Å². The maximum absolute atomic E-state index is 11.3. The second-order valence-corrected chi connectivity index (χ2v) is 5.88. The molecule has 1 aliphatic rings. The molecule has 20 heavy (non-hydrogen) atoms. The number of primary amides is 1. The predicted octanol–water partition coefficient (Wildman–Crippen LogP) is 0.320. The molecule has 5 heteroatoms. The van der Waals surface area contributed by atoms with Gasteiger partial charge in [-0.25, -0.2) is 0 Å². The van der Waals surface area contributed by atoms with E-state index in [9.17, 15) is 4.79 Å². The van der Waals surface area contributed by atoms with Crippen LogP contribution in [0.1, 0.15) is 12.5 Å². The maximum atomic E-state index is 11.3. The minimum Gasteiger partial charge on any atom is -0.369 e. The van der Waals surface area contributed by atoms with Gasteiger partial charge in [0, 0.05) is 38.4 Å². The molecule has 1 aliphatic heterocycles. The fraction of sp³-hybridized carbons (Fsp3) is 0.533. The third-order valence-corrected chi connectivity index (χ3v) is 3.85. The zero-order valence-electron chi connectivity index (χ0n) is 12.3. The zero-order valence-corrected chi connectivity index (χ0v) is 12.3. The molecule has 0 spiro atoms. The van der Waals surface area contributed by atoms with Crippen LogP contribution in [-0.4, -0.2) is 49.1 Å². The molecule has 1 fully saturated rings. The van der Waals surface area contributed by atoms with Crippen LogP contribution in [0.15, 0.2) is 24.3 Å². The van der Waals surface area contributed by atoms with Gasteiger partial charge in [-0.3, -0.25) is 9.69 Å². The molecule has 1 aromatic rings. The van der Waals surface area contributed by atoms with E-state index in [0.717, 1.165) is 26.2 Å². The maximum Gasteiger partial charge on any atom is 0.238 e. The lowest BCUT2D eigenvalue weighted by Crippen LogP contribution is -2.59. The van der Waals surface area contributed by atoms with Crippen molar-refractivity contribution in [1.82, 2.24) is 4.90 Å². The summed E-state index contributed by atoms with van der Waals surface area (Å²) in [5, 5.41) is 0. The fourth-order valence-corrected chi connectivity index (χ4v) is 2.53. The summed E-state index contributed by atoms with van der Waals surface area (Å²) in [6, 6.07) is 8.53. The molecule has 1 atom stereocenters. The lowest BCUT2D eigenvalue weighted by molar-refractivity contribution is -0.123. The lowest BCUT2D eigenvalue weighted by atomic mass is 10.0. The van der Waals surface area contributed by atoms with Crippen molar-refractivity contribution in [1.29, 1.82) is 0 Å². The van der Waals surface area contributed by atoms with Gasteiger partial charge in [0.2, 0.25) is 5.91 Å². The second-order valence-electron chi connectivity index (χ2n) is 5.88. The summed E-state index contributed by atoms with van der Waals surface area (Å²) in [5.74, 6) is -0.446. The molecule has 0 saturated carbocycles. The van der Waals surface area contributed by atoms with Crippen molar-refractivity contribution in [3.63, 3.8) is 0 Å². The predicted molar refractivity (Wildman–Crippen MR) is 81.6 cm³/mol. The Labute approximate surface area is 120 Å². The Morgan fingerprint density at radius 3 is 2.50 bits per heavy atom. The van der Waals surface area contributed by atoms with Crippen molar-refractivity contribution in [3.05, 3.63) is 29.8 Å². The van der Waals surface area contributed by atoms with Crippen molar-refractivity contribution in [2.45, 2.75) is 19.4 Å². The number of piperazine rings is 1. The number of nitrogens with two attached hydrogens (primary N) is 2. The largest absolute Gasteiger partial charge is 0.369 e. The summed E-state index contributed by atoms with van der Waals surface area (Å²) in [4.78, 5) is 15.8. The number of benzene rings is 1. The third-order valence-electron chi connectivity index (χ3n) is 3.85. The average Bonchev–Trinajstić information content (AvgIpc) is 2.39. The van der Waals surface area contributed by atoms with E-state index < -0.39 is 11.4 Å². The quantitative estimate of drug-likeness (QED) is 0.830. The first-order valence-electron chi connectivity index (χ1n) is 7.01. The molecule has 0 bridgehead atoms. The van der Waals surface area contributed by atoms with E-state index in [1.807, 2.05) is 0 Å². The molecule has 4 N–H and O–H groups in total. The number of carbonyl (C=O) groups excluding carboxylic acids is 1. The number of hydrogen-bond donors (Lipinski definition) is 2. The standard InChI is InChI=1S/C15H24N4O/c1-12-4-3-5-13(10-12)19-8-6-18(7-9-19)11-15(2,17)14(16)20/h3-5,10H,6-9,11,17H2,1-2H3,(H2,16,20). The van der Waals surface area contributed by atoms with Crippen LogP contribution in [0.3, 0.4) is 0 Å². The van der Waals surface area contributed by atoms with E-state index in [1.54, 1.807) is 6.92 Å². The van der Waals surface area contributed by atoms with E-state index in [4.69, 9.17) is 11.5 Å². The highest BCUT2D eigenvalue weighted by molar-refractivity contribution is 5.84. The summed E-state index contributed by atoms with van der Waals surface area (Å²) >= 11 is 0. The highest BCUT2D eigenvalue weighted by Crippen LogP contribution is 2.18.